The van der Waals surface area contributed by atoms with Gasteiger partial charge < -0.3 is 14.6 Å². The van der Waals surface area contributed by atoms with Gasteiger partial charge in [-0.3, -0.25) is 9.59 Å². The van der Waals surface area contributed by atoms with Crippen molar-refractivity contribution < 1.29 is 22.7 Å². The second kappa shape index (κ2) is 10.4. The SMILES string of the molecule is CCCCOc1ccc(-c2cc3c(=O)n(CC(=O)Nc4ccc(Cl)c(C(F)(F)F)c4)ccn3n2)cc1. The molecule has 1 N–H and O–H groups in total. The highest BCUT2D eigenvalue weighted by atomic mass is 35.5. The van der Waals surface area contributed by atoms with E-state index in [-0.39, 0.29) is 11.2 Å². The first-order valence-electron chi connectivity index (χ1n) is 11.1. The lowest BCUT2D eigenvalue weighted by molar-refractivity contribution is -0.137. The molecule has 11 heteroatoms. The summed E-state index contributed by atoms with van der Waals surface area (Å²) in [6, 6.07) is 12.0. The van der Waals surface area contributed by atoms with Gasteiger partial charge in [-0.2, -0.15) is 18.3 Å². The van der Waals surface area contributed by atoms with E-state index in [0.717, 1.165) is 40.9 Å². The number of hydrogen-bond donors (Lipinski definition) is 1. The minimum absolute atomic E-state index is 0.0837. The zero-order valence-electron chi connectivity index (χ0n) is 19.2. The lowest BCUT2D eigenvalue weighted by Crippen LogP contribution is -2.28. The van der Waals surface area contributed by atoms with Crippen LogP contribution in [0.2, 0.25) is 5.02 Å². The van der Waals surface area contributed by atoms with Gasteiger partial charge in [0.1, 0.15) is 17.8 Å². The summed E-state index contributed by atoms with van der Waals surface area (Å²) in [5, 5.41) is 6.31. The highest BCUT2D eigenvalue weighted by molar-refractivity contribution is 6.31. The van der Waals surface area contributed by atoms with Crippen molar-refractivity contribution in [1.29, 1.82) is 0 Å². The number of fused-ring (bicyclic) bond motifs is 1. The molecule has 0 fully saturated rings. The van der Waals surface area contributed by atoms with Crippen molar-refractivity contribution in [2.75, 3.05) is 11.9 Å². The summed E-state index contributed by atoms with van der Waals surface area (Å²) in [4.78, 5) is 25.4. The predicted octanol–water partition coefficient (Wildman–Crippen LogP) is 5.65. The molecule has 0 aliphatic carbocycles. The van der Waals surface area contributed by atoms with Gasteiger partial charge in [-0.15, -0.1) is 0 Å². The second-order valence-electron chi connectivity index (χ2n) is 8.06. The molecule has 0 radical (unpaired) electrons. The summed E-state index contributed by atoms with van der Waals surface area (Å²) < 4.78 is 47.4. The predicted molar refractivity (Wildman–Crippen MR) is 130 cm³/mol. The van der Waals surface area contributed by atoms with Crippen LogP contribution in [0.1, 0.15) is 25.3 Å². The van der Waals surface area contributed by atoms with Gasteiger partial charge in [0.25, 0.3) is 5.56 Å². The molecule has 0 spiro atoms. The van der Waals surface area contributed by atoms with Crippen LogP contribution >= 0.6 is 11.6 Å². The van der Waals surface area contributed by atoms with E-state index in [4.69, 9.17) is 16.3 Å². The number of alkyl halides is 3. The fourth-order valence-electron chi connectivity index (χ4n) is 3.52. The van der Waals surface area contributed by atoms with Crippen molar-refractivity contribution in [1.82, 2.24) is 14.2 Å². The minimum atomic E-state index is -4.66. The van der Waals surface area contributed by atoms with E-state index < -0.39 is 34.8 Å². The maximum absolute atomic E-state index is 13.1. The number of anilines is 1. The summed E-state index contributed by atoms with van der Waals surface area (Å²) in [5.41, 5.74) is -0.0244. The summed E-state index contributed by atoms with van der Waals surface area (Å²) >= 11 is 5.61. The third-order valence-electron chi connectivity index (χ3n) is 5.39. The molecular weight excluding hydrogens is 497 g/mol. The van der Waals surface area contributed by atoms with Crippen LogP contribution in [0.3, 0.4) is 0 Å². The highest BCUT2D eigenvalue weighted by Gasteiger charge is 2.33. The quantitative estimate of drug-likeness (QED) is 0.306. The van der Waals surface area contributed by atoms with E-state index in [1.54, 1.807) is 6.07 Å². The van der Waals surface area contributed by atoms with Crippen LogP contribution in [0.5, 0.6) is 5.75 Å². The maximum Gasteiger partial charge on any atom is 0.417 e. The van der Waals surface area contributed by atoms with Gasteiger partial charge in [0.05, 0.1) is 22.9 Å². The van der Waals surface area contributed by atoms with Crippen molar-refractivity contribution in [2.45, 2.75) is 32.5 Å². The Bertz CT molecular complexity index is 1450. The van der Waals surface area contributed by atoms with Crippen LogP contribution < -0.4 is 15.6 Å². The number of ether oxygens (including phenoxy) is 1. The zero-order valence-corrected chi connectivity index (χ0v) is 19.9. The smallest absolute Gasteiger partial charge is 0.417 e. The standard InChI is InChI=1S/C25H22ClF3N4O3/c1-2-3-12-36-18-7-4-16(5-8-18)21-14-22-24(35)32(10-11-33(22)31-21)15-23(34)30-17-6-9-20(26)19(13-17)25(27,28)29/h4-11,13-14H,2-3,12,15H2,1H3,(H,30,34). The van der Waals surface area contributed by atoms with E-state index in [1.165, 1.54) is 23.0 Å². The van der Waals surface area contributed by atoms with E-state index >= 15 is 0 Å². The van der Waals surface area contributed by atoms with Gasteiger partial charge in [0.2, 0.25) is 5.91 Å². The molecule has 0 aliphatic rings. The van der Waals surface area contributed by atoms with Crippen LogP contribution in [0, 0.1) is 0 Å². The largest absolute Gasteiger partial charge is 0.494 e. The first-order chi connectivity index (χ1) is 17.2. The number of carbonyl (C=O) groups is 1. The third-order valence-corrected chi connectivity index (χ3v) is 5.72. The Labute approximate surface area is 209 Å². The molecule has 0 aliphatic heterocycles. The molecule has 36 heavy (non-hydrogen) atoms. The number of hydrogen-bond acceptors (Lipinski definition) is 4. The Morgan fingerprint density at radius 1 is 1.11 bits per heavy atom. The molecule has 2 heterocycles. The van der Waals surface area contributed by atoms with Crippen molar-refractivity contribution >= 4 is 28.7 Å². The molecule has 2 aromatic heterocycles. The Morgan fingerprint density at radius 2 is 1.86 bits per heavy atom. The number of nitrogens with one attached hydrogen (secondary N) is 1. The van der Waals surface area contributed by atoms with Gasteiger partial charge in [-0.25, -0.2) is 4.52 Å². The van der Waals surface area contributed by atoms with Crippen molar-refractivity contribution in [3.63, 3.8) is 0 Å². The molecule has 0 saturated heterocycles. The van der Waals surface area contributed by atoms with Crippen molar-refractivity contribution in [2.24, 2.45) is 0 Å². The third kappa shape index (κ3) is 5.71. The van der Waals surface area contributed by atoms with Crippen LogP contribution in [0.25, 0.3) is 16.8 Å². The van der Waals surface area contributed by atoms with Gasteiger partial charge in [0, 0.05) is 23.6 Å². The number of halogens is 4. The number of nitrogens with zero attached hydrogens (tertiary/aromatic N) is 3. The molecule has 4 aromatic rings. The topological polar surface area (TPSA) is 77.6 Å². The number of unbranched alkanes of at least 4 members (excludes halogenated alkanes) is 1. The lowest BCUT2D eigenvalue weighted by Gasteiger charge is -2.12. The molecule has 0 saturated carbocycles. The summed E-state index contributed by atoms with van der Waals surface area (Å²) in [6.45, 7) is 2.32. The Hall–Kier alpha value is -3.79. The highest BCUT2D eigenvalue weighted by Crippen LogP contribution is 2.36. The van der Waals surface area contributed by atoms with Gasteiger partial charge in [0.15, 0.2) is 0 Å². The molecule has 2 aromatic carbocycles. The minimum Gasteiger partial charge on any atom is -0.494 e. The summed E-state index contributed by atoms with van der Waals surface area (Å²) in [7, 11) is 0. The average molecular weight is 519 g/mol. The molecular formula is C25H22ClF3N4O3. The lowest BCUT2D eigenvalue weighted by atomic mass is 10.1. The van der Waals surface area contributed by atoms with Crippen LogP contribution in [0.15, 0.2) is 65.7 Å². The Balaban J connectivity index is 1.50. The molecule has 188 valence electrons. The molecule has 4 rings (SSSR count). The first-order valence-corrected chi connectivity index (χ1v) is 11.5. The number of amides is 1. The molecule has 0 atom stereocenters. The number of benzene rings is 2. The van der Waals surface area contributed by atoms with E-state index in [9.17, 15) is 22.8 Å². The molecule has 0 unspecified atom stereocenters. The van der Waals surface area contributed by atoms with Crippen LogP contribution in [-0.4, -0.2) is 26.7 Å². The summed E-state index contributed by atoms with van der Waals surface area (Å²) in [5.74, 6) is 0.0719. The monoisotopic (exact) mass is 518 g/mol. The van der Waals surface area contributed by atoms with E-state index in [0.29, 0.717) is 12.3 Å². The zero-order chi connectivity index (χ0) is 25.9. The fourth-order valence-corrected chi connectivity index (χ4v) is 3.75. The van der Waals surface area contributed by atoms with Crippen LogP contribution in [0.4, 0.5) is 18.9 Å². The molecule has 0 bridgehead atoms. The first kappa shape index (κ1) is 25.3. The van der Waals surface area contributed by atoms with Gasteiger partial charge in [-0.05, 0) is 55.0 Å². The Morgan fingerprint density at radius 3 is 2.56 bits per heavy atom. The molecule has 1 amide bonds. The summed E-state index contributed by atoms with van der Waals surface area (Å²) in [6.07, 6.45) is 0.256. The van der Waals surface area contributed by atoms with E-state index in [1.807, 2.05) is 24.3 Å². The van der Waals surface area contributed by atoms with Gasteiger partial charge >= 0.3 is 6.18 Å². The maximum atomic E-state index is 13.1. The van der Waals surface area contributed by atoms with Crippen molar-refractivity contribution in [3.05, 3.63) is 81.9 Å². The van der Waals surface area contributed by atoms with E-state index in [2.05, 4.69) is 17.3 Å². The number of rotatable bonds is 8. The van der Waals surface area contributed by atoms with Gasteiger partial charge in [-0.1, -0.05) is 24.9 Å². The average Bonchev–Trinajstić information content (AvgIpc) is 3.27. The van der Waals surface area contributed by atoms with Crippen LogP contribution in [-0.2, 0) is 17.5 Å². The fraction of sp³-hybridized carbons (Fsp3) is 0.240. The number of aromatic nitrogens is 3. The number of carbonyl (C=O) groups excluding carboxylic acids is 1. The molecule has 7 nitrogen and oxygen atoms in total. The second-order valence-corrected chi connectivity index (χ2v) is 8.46. The Kier molecular flexibility index (Phi) is 7.35. The normalized spacial score (nSPS) is 11.6. The van der Waals surface area contributed by atoms with Crippen molar-refractivity contribution in [3.8, 4) is 17.0 Å².